The average molecular weight is 604 g/mol. The molecular weight excluding hydrogens is 552 g/mol. The van der Waals surface area contributed by atoms with Gasteiger partial charge >= 0.3 is 0 Å². The first kappa shape index (κ1) is 29.7. The van der Waals surface area contributed by atoms with Crippen molar-refractivity contribution < 1.29 is 33.9 Å². The maximum Gasteiger partial charge on any atom is 0.118 e. The van der Waals surface area contributed by atoms with Crippen LogP contribution in [0.25, 0.3) is 0 Å². The molecule has 5 fully saturated rings. The Bertz CT molecular complexity index is 892. The number of alkyl halides is 1. The summed E-state index contributed by atoms with van der Waals surface area (Å²) in [7, 11) is 0. The lowest BCUT2D eigenvalue weighted by molar-refractivity contribution is -0.318. The number of hydrogen-bond acceptors (Lipinski definition) is 7. The van der Waals surface area contributed by atoms with Gasteiger partial charge in [-0.3, -0.25) is 0 Å². The minimum atomic E-state index is -0.851. The molecule has 5 aliphatic heterocycles. The molecule has 0 bridgehead atoms. The summed E-state index contributed by atoms with van der Waals surface area (Å²) in [6.45, 7) is 16.4. The molecule has 11 atom stereocenters. The highest BCUT2D eigenvalue weighted by Crippen LogP contribution is 2.52. The van der Waals surface area contributed by atoms with Crippen LogP contribution >= 0.6 is 15.9 Å². The highest BCUT2D eigenvalue weighted by Gasteiger charge is 2.60. The van der Waals surface area contributed by atoms with E-state index < -0.39 is 22.9 Å². The van der Waals surface area contributed by atoms with Crippen LogP contribution in [0, 0.1) is 0 Å². The second kappa shape index (κ2) is 9.62. The van der Waals surface area contributed by atoms with Crippen molar-refractivity contribution in [2.24, 2.45) is 0 Å². The van der Waals surface area contributed by atoms with Crippen molar-refractivity contribution >= 4 is 15.9 Å². The largest absolute Gasteiger partial charge is 0.390 e. The van der Waals surface area contributed by atoms with Crippen LogP contribution in [0.1, 0.15) is 113 Å². The topological polar surface area (TPSA) is 86.6 Å². The van der Waals surface area contributed by atoms with Crippen LogP contribution in [0.3, 0.4) is 0 Å². The molecule has 0 aliphatic carbocycles. The van der Waals surface area contributed by atoms with Crippen molar-refractivity contribution in [3.05, 3.63) is 0 Å². The molecule has 8 heteroatoms. The van der Waals surface area contributed by atoms with Gasteiger partial charge in [-0.25, -0.2) is 0 Å². The Balaban J connectivity index is 1.23. The van der Waals surface area contributed by atoms with E-state index in [1.807, 2.05) is 20.8 Å². The lowest BCUT2D eigenvalue weighted by Crippen LogP contribution is -2.67. The number of fused-ring (bicyclic) bond motifs is 1. The van der Waals surface area contributed by atoms with Gasteiger partial charge in [0, 0.05) is 4.83 Å². The van der Waals surface area contributed by atoms with Gasteiger partial charge in [-0.15, -0.1) is 0 Å². The summed E-state index contributed by atoms with van der Waals surface area (Å²) >= 11 is 3.70. The number of hydrogen-bond donors (Lipinski definition) is 2. The second-order valence-corrected chi connectivity index (χ2v) is 15.9. The summed E-state index contributed by atoms with van der Waals surface area (Å²) in [6, 6.07) is 0. The van der Waals surface area contributed by atoms with Gasteiger partial charge in [0.15, 0.2) is 0 Å². The molecule has 5 saturated heterocycles. The molecule has 220 valence electrons. The highest BCUT2D eigenvalue weighted by molar-refractivity contribution is 9.09. The van der Waals surface area contributed by atoms with Gasteiger partial charge in [0.25, 0.3) is 0 Å². The summed E-state index contributed by atoms with van der Waals surface area (Å²) < 4.78 is 33.4. The van der Waals surface area contributed by atoms with Crippen LogP contribution in [-0.4, -0.2) is 85.3 Å². The van der Waals surface area contributed by atoms with Crippen molar-refractivity contribution in [3.8, 4) is 0 Å². The minimum absolute atomic E-state index is 0.00698. The standard InChI is InChI=1S/C30H51BrO7/c1-25(2,33)20-11-14-29(7,35-20)23-12-15-28(6,37-23)22-10-9-21-27(5,36-22)16-13-24(34-21)30(8)19(32)17-18(31)26(3,4)38-30/h18-24,32-33H,9-17H2,1-8H3/t18-,19+,20-,21-,22-,23-,24-,27+,28-,29+,30+/m0/s1. The van der Waals surface area contributed by atoms with Crippen molar-refractivity contribution in [1.29, 1.82) is 0 Å². The normalized spacial score (nSPS) is 53.6. The molecule has 0 unspecified atom stereocenters. The van der Waals surface area contributed by atoms with Crippen molar-refractivity contribution in [2.75, 3.05) is 0 Å². The number of aliphatic hydroxyl groups is 2. The van der Waals surface area contributed by atoms with Crippen LogP contribution in [0.2, 0.25) is 0 Å². The van der Waals surface area contributed by atoms with Gasteiger partial charge in [-0.1, -0.05) is 15.9 Å². The lowest BCUT2D eigenvalue weighted by atomic mass is 9.74. The third-order valence-electron chi connectivity index (χ3n) is 10.8. The van der Waals surface area contributed by atoms with E-state index in [4.69, 9.17) is 23.7 Å². The van der Waals surface area contributed by atoms with E-state index in [2.05, 4.69) is 50.5 Å². The summed E-state index contributed by atoms with van der Waals surface area (Å²) in [6.07, 6.45) is 6.64. The van der Waals surface area contributed by atoms with Gasteiger partial charge in [-0.05, 0) is 113 Å². The average Bonchev–Trinajstić information content (AvgIpc) is 3.42. The third-order valence-corrected chi connectivity index (χ3v) is 12.2. The number of aliphatic hydroxyl groups excluding tert-OH is 1. The fourth-order valence-corrected chi connectivity index (χ4v) is 8.30. The Morgan fingerprint density at radius 2 is 1.21 bits per heavy atom. The first-order valence-corrected chi connectivity index (χ1v) is 15.8. The number of halogens is 1. The molecule has 0 aromatic carbocycles. The molecule has 0 aromatic heterocycles. The summed E-state index contributed by atoms with van der Waals surface area (Å²) in [4.78, 5) is 0.0968. The molecule has 0 spiro atoms. The van der Waals surface area contributed by atoms with Crippen LogP contribution in [-0.2, 0) is 23.7 Å². The molecule has 2 N–H and O–H groups in total. The molecular formula is C30H51BrO7. The van der Waals surface area contributed by atoms with Crippen molar-refractivity contribution in [1.82, 2.24) is 0 Å². The predicted molar refractivity (Wildman–Crippen MR) is 149 cm³/mol. The maximum absolute atomic E-state index is 11.1. The molecule has 0 radical (unpaired) electrons. The van der Waals surface area contributed by atoms with E-state index in [-0.39, 0.29) is 52.2 Å². The molecule has 5 rings (SSSR count). The molecule has 0 saturated carbocycles. The first-order valence-electron chi connectivity index (χ1n) is 14.8. The fourth-order valence-electron chi connectivity index (χ4n) is 7.85. The molecule has 38 heavy (non-hydrogen) atoms. The SMILES string of the molecule is CC(C)(O)[C@@H]1CC[C@](C)([C@@H]2CC[C@@](C)([C@@H]3CC[C@@H]4O[C@H]([C@]5(C)OC(C)(C)[C@@H](Br)C[C@H]5O)CC[C@@]4(C)O3)O2)O1. The van der Waals surface area contributed by atoms with Crippen molar-refractivity contribution in [3.63, 3.8) is 0 Å². The van der Waals surface area contributed by atoms with E-state index in [0.29, 0.717) is 6.42 Å². The van der Waals surface area contributed by atoms with E-state index >= 15 is 0 Å². The fraction of sp³-hybridized carbons (Fsp3) is 1.00. The van der Waals surface area contributed by atoms with Crippen LogP contribution < -0.4 is 0 Å². The zero-order chi connectivity index (χ0) is 27.9. The van der Waals surface area contributed by atoms with E-state index in [0.717, 1.165) is 51.4 Å². The van der Waals surface area contributed by atoms with E-state index in [9.17, 15) is 10.2 Å². The third kappa shape index (κ3) is 5.05. The van der Waals surface area contributed by atoms with Gasteiger partial charge in [0.05, 0.1) is 64.6 Å². The van der Waals surface area contributed by atoms with E-state index in [1.54, 1.807) is 0 Å². The maximum atomic E-state index is 11.1. The predicted octanol–water partition coefficient (Wildman–Crippen LogP) is 5.20. The zero-order valence-corrected chi connectivity index (χ0v) is 26.3. The molecule has 0 aromatic rings. The Morgan fingerprint density at radius 3 is 1.82 bits per heavy atom. The van der Waals surface area contributed by atoms with Gasteiger partial charge < -0.3 is 33.9 Å². The Kier molecular flexibility index (Phi) is 7.51. The summed E-state index contributed by atoms with van der Waals surface area (Å²) in [5.41, 5.74) is -3.15. The van der Waals surface area contributed by atoms with E-state index in [1.165, 1.54) is 0 Å². The Morgan fingerprint density at radius 1 is 0.711 bits per heavy atom. The van der Waals surface area contributed by atoms with Gasteiger partial charge in [-0.2, -0.15) is 0 Å². The van der Waals surface area contributed by atoms with Crippen LogP contribution in [0.5, 0.6) is 0 Å². The lowest BCUT2D eigenvalue weighted by Gasteiger charge is -2.57. The van der Waals surface area contributed by atoms with Crippen LogP contribution in [0.15, 0.2) is 0 Å². The van der Waals surface area contributed by atoms with Crippen molar-refractivity contribution in [2.45, 2.75) is 188 Å². The Labute approximate surface area is 237 Å². The number of rotatable bonds is 4. The van der Waals surface area contributed by atoms with Crippen LogP contribution in [0.4, 0.5) is 0 Å². The Hall–Kier alpha value is 0.200. The summed E-state index contributed by atoms with van der Waals surface area (Å²) in [5, 5.41) is 21.5. The quantitative estimate of drug-likeness (QED) is 0.428. The smallest absolute Gasteiger partial charge is 0.118 e. The van der Waals surface area contributed by atoms with Gasteiger partial charge in [0.1, 0.15) is 5.60 Å². The highest BCUT2D eigenvalue weighted by atomic mass is 79.9. The second-order valence-electron chi connectivity index (χ2n) is 14.8. The molecule has 5 heterocycles. The molecule has 7 nitrogen and oxygen atoms in total. The molecule has 5 aliphatic rings. The van der Waals surface area contributed by atoms with Gasteiger partial charge in [0.2, 0.25) is 0 Å². The number of ether oxygens (including phenoxy) is 5. The first-order chi connectivity index (χ1) is 17.4. The summed E-state index contributed by atoms with van der Waals surface area (Å²) in [5.74, 6) is 0. The minimum Gasteiger partial charge on any atom is -0.390 e. The zero-order valence-electron chi connectivity index (χ0n) is 24.7. The monoisotopic (exact) mass is 602 g/mol. The molecule has 0 amide bonds.